The molecule has 0 unspecified atom stereocenters. The zero-order valence-electron chi connectivity index (χ0n) is 7.99. The van der Waals surface area contributed by atoms with Crippen LogP contribution in [0.4, 0.5) is 0 Å². The predicted molar refractivity (Wildman–Crippen MR) is 46.0 cm³/mol. The summed E-state index contributed by atoms with van der Waals surface area (Å²) in [6.45, 7) is 4.43. The first-order chi connectivity index (χ1) is 6.02. The number of nitro groups is 1. The van der Waals surface area contributed by atoms with Crippen molar-refractivity contribution in [3.63, 3.8) is 0 Å². The molecule has 0 amide bonds. The number of ether oxygens (including phenoxy) is 2. The summed E-state index contributed by atoms with van der Waals surface area (Å²) in [5, 5.41) is 10.5. The SMILES string of the molecule is CC(C)(CCC1OCCO1)[N+](=O)[O-]. The molecule has 0 aromatic heterocycles. The van der Waals surface area contributed by atoms with Gasteiger partial charge in [-0.1, -0.05) is 0 Å². The Bertz CT molecular complexity index is 187. The number of hydrogen-bond donors (Lipinski definition) is 0. The van der Waals surface area contributed by atoms with Crippen LogP contribution in [0.5, 0.6) is 0 Å². The summed E-state index contributed by atoms with van der Waals surface area (Å²) in [6, 6.07) is 0. The standard InChI is InChI=1S/C8H15NO4/c1-8(2,9(10)11)4-3-7-12-5-6-13-7/h7H,3-6H2,1-2H3. The van der Waals surface area contributed by atoms with Gasteiger partial charge in [0.1, 0.15) is 0 Å². The van der Waals surface area contributed by atoms with Crippen molar-refractivity contribution in [3.05, 3.63) is 10.1 Å². The summed E-state index contributed by atoms with van der Waals surface area (Å²) in [5.41, 5.74) is -0.880. The second-order valence-corrected chi connectivity index (χ2v) is 3.78. The molecule has 0 saturated carbocycles. The van der Waals surface area contributed by atoms with Gasteiger partial charge in [0.05, 0.1) is 13.2 Å². The average molecular weight is 189 g/mol. The van der Waals surface area contributed by atoms with Gasteiger partial charge in [-0.05, 0) is 0 Å². The van der Waals surface area contributed by atoms with E-state index in [-0.39, 0.29) is 11.2 Å². The zero-order valence-corrected chi connectivity index (χ0v) is 7.99. The quantitative estimate of drug-likeness (QED) is 0.492. The summed E-state index contributed by atoms with van der Waals surface area (Å²) < 4.78 is 10.4. The van der Waals surface area contributed by atoms with Gasteiger partial charge in [0.25, 0.3) is 0 Å². The third-order valence-corrected chi connectivity index (χ3v) is 2.18. The van der Waals surface area contributed by atoms with E-state index in [1.54, 1.807) is 13.8 Å². The molecule has 1 rings (SSSR count). The van der Waals surface area contributed by atoms with E-state index in [0.29, 0.717) is 26.1 Å². The van der Waals surface area contributed by atoms with Gasteiger partial charge in [-0.15, -0.1) is 0 Å². The Labute approximate surface area is 77.2 Å². The lowest BCUT2D eigenvalue weighted by Gasteiger charge is -2.17. The number of hydrogen-bond acceptors (Lipinski definition) is 4. The summed E-state index contributed by atoms with van der Waals surface area (Å²) in [5.74, 6) is 0. The molecule has 76 valence electrons. The lowest BCUT2D eigenvalue weighted by molar-refractivity contribution is -0.562. The first kappa shape index (κ1) is 10.4. The van der Waals surface area contributed by atoms with Crippen molar-refractivity contribution in [3.8, 4) is 0 Å². The highest BCUT2D eigenvalue weighted by atomic mass is 16.7. The van der Waals surface area contributed by atoms with E-state index < -0.39 is 5.54 Å². The zero-order chi connectivity index (χ0) is 9.90. The maximum Gasteiger partial charge on any atom is 0.217 e. The molecule has 0 aromatic rings. The molecule has 5 heteroatoms. The molecule has 5 nitrogen and oxygen atoms in total. The Kier molecular flexibility index (Phi) is 3.22. The Hall–Kier alpha value is -0.680. The van der Waals surface area contributed by atoms with E-state index in [1.165, 1.54) is 0 Å². The Morgan fingerprint density at radius 3 is 2.46 bits per heavy atom. The summed E-state index contributed by atoms with van der Waals surface area (Å²) >= 11 is 0. The molecule has 13 heavy (non-hydrogen) atoms. The van der Waals surface area contributed by atoms with E-state index >= 15 is 0 Å². The minimum absolute atomic E-state index is 0.237. The smallest absolute Gasteiger partial charge is 0.217 e. The fourth-order valence-electron chi connectivity index (χ4n) is 1.14. The van der Waals surface area contributed by atoms with Crippen LogP contribution in [0.3, 0.4) is 0 Å². The minimum Gasteiger partial charge on any atom is -0.350 e. The molecule has 0 aliphatic carbocycles. The topological polar surface area (TPSA) is 61.6 Å². The van der Waals surface area contributed by atoms with Crippen LogP contribution in [0.2, 0.25) is 0 Å². The van der Waals surface area contributed by atoms with Crippen LogP contribution in [-0.2, 0) is 9.47 Å². The molecule has 1 saturated heterocycles. The van der Waals surface area contributed by atoms with E-state index in [9.17, 15) is 10.1 Å². The van der Waals surface area contributed by atoms with E-state index in [1.807, 2.05) is 0 Å². The largest absolute Gasteiger partial charge is 0.350 e. The fraction of sp³-hybridized carbons (Fsp3) is 1.00. The molecule has 1 heterocycles. The monoisotopic (exact) mass is 189 g/mol. The van der Waals surface area contributed by atoms with Crippen molar-refractivity contribution in [2.24, 2.45) is 0 Å². The third-order valence-electron chi connectivity index (χ3n) is 2.18. The lowest BCUT2D eigenvalue weighted by Crippen LogP contribution is -2.32. The lowest BCUT2D eigenvalue weighted by atomic mass is 9.99. The van der Waals surface area contributed by atoms with E-state index in [0.717, 1.165) is 0 Å². The normalized spacial score (nSPS) is 19.2. The molecule has 1 aliphatic rings. The Morgan fingerprint density at radius 1 is 1.46 bits per heavy atom. The van der Waals surface area contributed by atoms with Gasteiger partial charge >= 0.3 is 0 Å². The summed E-state index contributed by atoms with van der Waals surface area (Å²) in [4.78, 5) is 10.3. The van der Waals surface area contributed by atoms with Crippen molar-refractivity contribution in [1.82, 2.24) is 0 Å². The fourth-order valence-corrected chi connectivity index (χ4v) is 1.14. The number of nitrogens with zero attached hydrogens (tertiary/aromatic N) is 1. The maximum atomic E-state index is 10.5. The van der Waals surface area contributed by atoms with Crippen molar-refractivity contribution in [2.45, 2.75) is 38.5 Å². The molecule has 1 fully saturated rings. The van der Waals surface area contributed by atoms with Crippen LogP contribution in [0.1, 0.15) is 26.7 Å². The van der Waals surface area contributed by atoms with Crippen molar-refractivity contribution >= 4 is 0 Å². The average Bonchev–Trinajstić information content (AvgIpc) is 2.52. The van der Waals surface area contributed by atoms with Gasteiger partial charge in [0.2, 0.25) is 5.54 Å². The van der Waals surface area contributed by atoms with Gasteiger partial charge in [-0.25, -0.2) is 0 Å². The molecule has 0 N–H and O–H groups in total. The summed E-state index contributed by atoms with van der Waals surface area (Å²) in [7, 11) is 0. The van der Waals surface area contributed by atoms with Gasteiger partial charge in [-0.2, -0.15) is 0 Å². The van der Waals surface area contributed by atoms with Gasteiger partial charge < -0.3 is 9.47 Å². The van der Waals surface area contributed by atoms with Crippen LogP contribution in [0.25, 0.3) is 0 Å². The first-order valence-electron chi connectivity index (χ1n) is 4.40. The molecule has 0 spiro atoms. The van der Waals surface area contributed by atoms with Crippen molar-refractivity contribution < 1.29 is 14.4 Å². The minimum atomic E-state index is -0.880. The molecular weight excluding hydrogens is 174 g/mol. The van der Waals surface area contributed by atoms with Gasteiger partial charge in [0.15, 0.2) is 6.29 Å². The first-order valence-corrected chi connectivity index (χ1v) is 4.40. The molecule has 0 bridgehead atoms. The Morgan fingerprint density at radius 2 is 2.00 bits per heavy atom. The molecule has 0 radical (unpaired) electrons. The molecule has 0 atom stereocenters. The molecule has 0 aromatic carbocycles. The molecular formula is C8H15NO4. The third kappa shape index (κ3) is 2.93. The van der Waals surface area contributed by atoms with Crippen LogP contribution >= 0.6 is 0 Å². The second-order valence-electron chi connectivity index (χ2n) is 3.78. The summed E-state index contributed by atoms with van der Waals surface area (Å²) in [6.07, 6.45) is 0.831. The predicted octanol–water partition coefficient (Wildman–Crippen LogP) is 1.19. The van der Waals surface area contributed by atoms with E-state index in [2.05, 4.69) is 0 Å². The van der Waals surface area contributed by atoms with Crippen molar-refractivity contribution in [1.29, 1.82) is 0 Å². The highest BCUT2D eigenvalue weighted by Gasteiger charge is 2.32. The highest BCUT2D eigenvalue weighted by molar-refractivity contribution is 4.68. The van der Waals surface area contributed by atoms with Crippen LogP contribution in [0, 0.1) is 10.1 Å². The second kappa shape index (κ2) is 4.02. The maximum absolute atomic E-state index is 10.5. The Balaban J connectivity index is 2.28. The van der Waals surface area contributed by atoms with E-state index in [4.69, 9.17) is 9.47 Å². The van der Waals surface area contributed by atoms with Gasteiger partial charge in [-0.3, -0.25) is 10.1 Å². The van der Waals surface area contributed by atoms with Crippen LogP contribution in [-0.4, -0.2) is 30.0 Å². The van der Waals surface area contributed by atoms with Crippen LogP contribution < -0.4 is 0 Å². The van der Waals surface area contributed by atoms with Crippen molar-refractivity contribution in [2.75, 3.05) is 13.2 Å². The highest BCUT2D eigenvalue weighted by Crippen LogP contribution is 2.19. The van der Waals surface area contributed by atoms with Crippen LogP contribution in [0.15, 0.2) is 0 Å². The molecule has 1 aliphatic heterocycles. The number of rotatable bonds is 4. The van der Waals surface area contributed by atoms with Gasteiger partial charge in [0, 0.05) is 31.6 Å².